The highest BCUT2D eigenvalue weighted by Crippen LogP contribution is 2.23. The van der Waals surface area contributed by atoms with E-state index in [1.54, 1.807) is 36.1 Å². The Morgan fingerprint density at radius 3 is 2.38 bits per heavy atom. The number of amides is 2. The minimum Gasteiger partial charge on any atom is -0.494 e. The van der Waals surface area contributed by atoms with Gasteiger partial charge in [-0.05, 0) is 68.7 Å². The van der Waals surface area contributed by atoms with Crippen molar-refractivity contribution in [3.8, 4) is 5.75 Å². The van der Waals surface area contributed by atoms with Crippen LogP contribution < -0.4 is 14.4 Å². The van der Waals surface area contributed by atoms with Gasteiger partial charge in [-0.25, -0.2) is 8.42 Å². The molecule has 8 nitrogen and oxygen atoms in total. The molecule has 1 N–H and O–H groups in total. The Labute approximate surface area is 229 Å². The van der Waals surface area contributed by atoms with Crippen molar-refractivity contribution in [3.63, 3.8) is 0 Å². The third-order valence-electron chi connectivity index (χ3n) is 5.83. The van der Waals surface area contributed by atoms with E-state index in [1.165, 1.54) is 4.31 Å². The zero-order chi connectivity index (χ0) is 27.4. The second kappa shape index (κ2) is 15.0. The molecular formula is C27H38BrN3O5S. The van der Waals surface area contributed by atoms with Crippen LogP contribution >= 0.6 is 15.9 Å². The lowest BCUT2D eigenvalue weighted by atomic mass is 10.1. The largest absolute Gasteiger partial charge is 0.494 e. The molecule has 2 amide bonds. The summed E-state index contributed by atoms with van der Waals surface area (Å²) in [5.74, 6) is 0.242. The molecule has 0 aliphatic carbocycles. The third kappa shape index (κ3) is 10.0. The number of anilines is 1. The van der Waals surface area contributed by atoms with Crippen LogP contribution in [0.5, 0.6) is 5.75 Å². The molecule has 204 valence electrons. The fourth-order valence-corrected chi connectivity index (χ4v) is 5.24. The lowest BCUT2D eigenvalue weighted by Gasteiger charge is -2.29. The Hall–Kier alpha value is -2.59. The van der Waals surface area contributed by atoms with Crippen LogP contribution in [0.3, 0.4) is 0 Å². The number of ether oxygens (including phenoxy) is 1. The number of nitrogens with zero attached hydrogens (tertiary/aromatic N) is 2. The van der Waals surface area contributed by atoms with Crippen molar-refractivity contribution in [2.24, 2.45) is 0 Å². The molecule has 0 bridgehead atoms. The molecule has 2 aromatic rings. The number of sulfonamides is 1. The maximum Gasteiger partial charge on any atom is 0.242 e. The smallest absolute Gasteiger partial charge is 0.242 e. The van der Waals surface area contributed by atoms with Crippen LogP contribution in [0.1, 0.15) is 52.0 Å². The lowest BCUT2D eigenvalue weighted by molar-refractivity contribution is -0.140. The molecule has 0 aliphatic rings. The van der Waals surface area contributed by atoms with Crippen molar-refractivity contribution in [2.75, 3.05) is 30.3 Å². The van der Waals surface area contributed by atoms with E-state index in [9.17, 15) is 18.0 Å². The standard InChI is InChI=1S/C27H38BrN3O5S/c1-5-7-17-29-27(33)21(3)30(20-22-10-8-11-23(28)19-22)26(32)12-9-18-31(37(4,34)35)24-13-15-25(16-14-24)36-6-2/h8,10-11,13-16,19,21H,5-7,9,12,17-18,20H2,1-4H3,(H,29,33)/t21-/m0/s1. The maximum atomic E-state index is 13.3. The molecule has 2 aromatic carbocycles. The van der Waals surface area contributed by atoms with E-state index < -0.39 is 16.1 Å². The van der Waals surface area contributed by atoms with Gasteiger partial charge in [0.2, 0.25) is 21.8 Å². The summed E-state index contributed by atoms with van der Waals surface area (Å²) >= 11 is 3.46. The molecule has 0 fully saturated rings. The highest BCUT2D eigenvalue weighted by atomic mass is 79.9. The van der Waals surface area contributed by atoms with E-state index in [1.807, 2.05) is 38.1 Å². The van der Waals surface area contributed by atoms with E-state index in [-0.39, 0.29) is 31.3 Å². The molecule has 0 unspecified atom stereocenters. The van der Waals surface area contributed by atoms with Crippen molar-refractivity contribution in [2.45, 2.75) is 59.0 Å². The van der Waals surface area contributed by atoms with Gasteiger partial charge < -0.3 is 15.0 Å². The van der Waals surface area contributed by atoms with Gasteiger partial charge in [-0.15, -0.1) is 0 Å². The predicted octanol–water partition coefficient (Wildman–Crippen LogP) is 4.73. The number of hydrogen-bond donors (Lipinski definition) is 1. The van der Waals surface area contributed by atoms with Gasteiger partial charge in [0.05, 0.1) is 18.6 Å². The van der Waals surface area contributed by atoms with Gasteiger partial charge >= 0.3 is 0 Å². The van der Waals surface area contributed by atoms with Gasteiger partial charge in [-0.3, -0.25) is 13.9 Å². The van der Waals surface area contributed by atoms with Gasteiger partial charge in [0.15, 0.2) is 0 Å². The number of carbonyl (C=O) groups is 2. The topological polar surface area (TPSA) is 96.0 Å². The second-order valence-electron chi connectivity index (χ2n) is 8.84. The molecule has 0 saturated heterocycles. The molecule has 10 heteroatoms. The van der Waals surface area contributed by atoms with Crippen molar-refractivity contribution in [1.29, 1.82) is 0 Å². The molecule has 0 saturated carbocycles. The SMILES string of the molecule is CCCCNC(=O)[C@H](C)N(Cc1cccc(Br)c1)C(=O)CCCN(c1ccc(OCC)cc1)S(C)(=O)=O. The normalized spacial score (nSPS) is 12.0. The number of nitrogens with one attached hydrogen (secondary N) is 1. The van der Waals surface area contributed by atoms with E-state index in [4.69, 9.17) is 4.74 Å². The number of unbranched alkanes of at least 4 members (excludes halogenated alkanes) is 1. The van der Waals surface area contributed by atoms with Crippen LogP contribution in [-0.4, -0.2) is 57.1 Å². The fourth-order valence-electron chi connectivity index (χ4n) is 3.83. The molecule has 0 spiro atoms. The third-order valence-corrected chi connectivity index (χ3v) is 7.51. The van der Waals surface area contributed by atoms with Crippen molar-refractivity contribution in [1.82, 2.24) is 10.2 Å². The van der Waals surface area contributed by atoms with Gasteiger partial charge in [-0.2, -0.15) is 0 Å². The summed E-state index contributed by atoms with van der Waals surface area (Å²) in [6.45, 7) is 7.14. The fraction of sp³-hybridized carbons (Fsp3) is 0.481. The highest BCUT2D eigenvalue weighted by Gasteiger charge is 2.26. The Morgan fingerprint density at radius 2 is 1.78 bits per heavy atom. The second-order valence-corrected chi connectivity index (χ2v) is 11.7. The number of hydrogen-bond acceptors (Lipinski definition) is 5. The lowest BCUT2D eigenvalue weighted by Crippen LogP contribution is -2.48. The van der Waals surface area contributed by atoms with Gasteiger partial charge in [0, 0.05) is 30.5 Å². The first kappa shape index (κ1) is 30.6. The number of halogens is 1. The summed E-state index contributed by atoms with van der Waals surface area (Å²) < 4.78 is 32.6. The van der Waals surface area contributed by atoms with Crippen LogP contribution in [0.15, 0.2) is 53.0 Å². The predicted molar refractivity (Wildman–Crippen MR) is 151 cm³/mol. The molecule has 37 heavy (non-hydrogen) atoms. The Balaban J connectivity index is 2.13. The van der Waals surface area contributed by atoms with Gasteiger partial charge in [0.25, 0.3) is 0 Å². The molecule has 0 aromatic heterocycles. The zero-order valence-corrected chi connectivity index (χ0v) is 24.5. The van der Waals surface area contributed by atoms with E-state index >= 15 is 0 Å². The molecule has 0 heterocycles. The van der Waals surface area contributed by atoms with E-state index in [0.717, 1.165) is 29.1 Å². The Kier molecular flexibility index (Phi) is 12.4. The minimum absolute atomic E-state index is 0.101. The highest BCUT2D eigenvalue weighted by molar-refractivity contribution is 9.10. The average Bonchev–Trinajstić information content (AvgIpc) is 2.85. The molecule has 0 radical (unpaired) electrons. The molecule has 1 atom stereocenters. The summed E-state index contributed by atoms with van der Waals surface area (Å²) in [5.41, 5.74) is 1.40. The van der Waals surface area contributed by atoms with Crippen LogP contribution in [0, 0.1) is 0 Å². The zero-order valence-electron chi connectivity index (χ0n) is 22.1. The maximum absolute atomic E-state index is 13.3. The van der Waals surface area contributed by atoms with Crippen LogP contribution in [0.4, 0.5) is 5.69 Å². The Bertz CT molecular complexity index is 1130. The van der Waals surface area contributed by atoms with Crippen molar-refractivity contribution >= 4 is 43.5 Å². The number of rotatable bonds is 15. The quantitative estimate of drug-likeness (QED) is 0.300. The molecular weight excluding hydrogens is 558 g/mol. The summed E-state index contributed by atoms with van der Waals surface area (Å²) in [7, 11) is -3.56. The molecule has 0 aliphatic heterocycles. The van der Waals surface area contributed by atoms with E-state index in [0.29, 0.717) is 31.0 Å². The summed E-state index contributed by atoms with van der Waals surface area (Å²) in [5, 5.41) is 2.91. The summed E-state index contributed by atoms with van der Waals surface area (Å²) in [6, 6.07) is 13.8. The monoisotopic (exact) mass is 595 g/mol. The van der Waals surface area contributed by atoms with Gasteiger partial charge in [-0.1, -0.05) is 41.4 Å². The molecule has 2 rings (SSSR count). The first-order valence-electron chi connectivity index (χ1n) is 12.6. The van der Waals surface area contributed by atoms with Crippen LogP contribution in [0.25, 0.3) is 0 Å². The van der Waals surface area contributed by atoms with Crippen LogP contribution in [0.2, 0.25) is 0 Å². The summed E-state index contributed by atoms with van der Waals surface area (Å²) in [4.78, 5) is 27.7. The minimum atomic E-state index is -3.56. The average molecular weight is 597 g/mol. The van der Waals surface area contributed by atoms with Gasteiger partial charge in [0.1, 0.15) is 11.8 Å². The number of benzene rings is 2. The number of carbonyl (C=O) groups excluding carboxylic acids is 2. The summed E-state index contributed by atoms with van der Waals surface area (Å²) in [6.07, 6.45) is 3.38. The Morgan fingerprint density at radius 1 is 1.08 bits per heavy atom. The first-order valence-corrected chi connectivity index (χ1v) is 15.2. The van der Waals surface area contributed by atoms with Crippen molar-refractivity contribution < 1.29 is 22.7 Å². The van der Waals surface area contributed by atoms with Crippen LogP contribution in [-0.2, 0) is 26.2 Å². The first-order chi connectivity index (χ1) is 17.6. The van der Waals surface area contributed by atoms with E-state index in [2.05, 4.69) is 21.2 Å². The van der Waals surface area contributed by atoms with Crippen molar-refractivity contribution in [3.05, 3.63) is 58.6 Å².